The van der Waals surface area contributed by atoms with Gasteiger partial charge in [0.05, 0.1) is 12.0 Å². The minimum atomic E-state index is -0.557. The van der Waals surface area contributed by atoms with E-state index in [1.54, 1.807) is 24.3 Å². The third-order valence-electron chi connectivity index (χ3n) is 4.78. The van der Waals surface area contributed by atoms with Gasteiger partial charge < -0.3 is 14.8 Å². The predicted octanol–water partition coefficient (Wildman–Crippen LogP) is 4.42. The van der Waals surface area contributed by atoms with Gasteiger partial charge in [-0.1, -0.05) is 32.0 Å². The Morgan fingerprint density at radius 3 is 2.39 bits per heavy atom. The van der Waals surface area contributed by atoms with Crippen molar-refractivity contribution in [3.63, 3.8) is 0 Å². The number of nitrogens with zero attached hydrogens (tertiary/aromatic N) is 1. The highest BCUT2D eigenvalue weighted by Crippen LogP contribution is 2.34. The summed E-state index contributed by atoms with van der Waals surface area (Å²) >= 11 is 0.751. The molecule has 1 fully saturated rings. The van der Waals surface area contributed by atoms with E-state index in [0.717, 1.165) is 22.2 Å². The Hall–Kier alpha value is -3.59. The molecule has 172 valence electrons. The molecule has 0 bridgehead atoms. The average molecular weight is 469 g/mol. The quantitative estimate of drug-likeness (QED) is 0.365. The van der Waals surface area contributed by atoms with Crippen LogP contribution in [0.4, 0.5) is 10.5 Å². The summed E-state index contributed by atoms with van der Waals surface area (Å²) < 4.78 is 10.3. The molecule has 9 heteroatoms. The van der Waals surface area contributed by atoms with Gasteiger partial charge in [0.2, 0.25) is 5.91 Å². The summed E-state index contributed by atoms with van der Waals surface area (Å²) in [6.45, 7) is 5.04. The summed E-state index contributed by atoms with van der Waals surface area (Å²) in [5.41, 5.74) is 2.30. The molecule has 0 atom stereocenters. The molecular formula is C24H24N2O6S. The topological polar surface area (TPSA) is 102 Å². The zero-order valence-corrected chi connectivity index (χ0v) is 19.5. The highest BCUT2D eigenvalue weighted by Gasteiger charge is 2.36. The lowest BCUT2D eigenvalue weighted by Crippen LogP contribution is -2.36. The largest absolute Gasteiger partial charge is 0.493 e. The van der Waals surface area contributed by atoms with Crippen molar-refractivity contribution in [2.45, 2.75) is 26.7 Å². The summed E-state index contributed by atoms with van der Waals surface area (Å²) in [7, 11) is 1.43. The van der Waals surface area contributed by atoms with Crippen LogP contribution in [0, 0.1) is 0 Å². The first kappa shape index (κ1) is 24.1. The molecule has 3 amide bonds. The second-order valence-electron chi connectivity index (χ2n) is 7.60. The number of ether oxygens (including phenoxy) is 2. The third-order valence-corrected chi connectivity index (χ3v) is 5.68. The molecule has 3 rings (SSSR count). The van der Waals surface area contributed by atoms with Gasteiger partial charge in [0.25, 0.3) is 11.1 Å². The number of carbonyl (C=O) groups excluding carboxylic acids is 4. The van der Waals surface area contributed by atoms with E-state index in [1.165, 1.54) is 26.2 Å². The molecule has 1 heterocycles. The molecule has 0 radical (unpaired) electrons. The summed E-state index contributed by atoms with van der Waals surface area (Å²) in [5, 5.41) is 2.18. The lowest BCUT2D eigenvalue weighted by molar-refractivity contribution is -0.132. The molecule has 2 aromatic carbocycles. The number of rotatable bonds is 7. The monoisotopic (exact) mass is 468 g/mol. The predicted molar refractivity (Wildman–Crippen MR) is 126 cm³/mol. The van der Waals surface area contributed by atoms with Crippen LogP contribution in [-0.4, -0.2) is 41.6 Å². The Morgan fingerprint density at radius 2 is 1.79 bits per heavy atom. The number of anilines is 1. The molecular weight excluding hydrogens is 444 g/mol. The average Bonchev–Trinajstić information content (AvgIpc) is 3.02. The highest BCUT2D eigenvalue weighted by molar-refractivity contribution is 8.18. The molecule has 0 unspecified atom stereocenters. The van der Waals surface area contributed by atoms with Crippen molar-refractivity contribution in [2.75, 3.05) is 19.0 Å². The fourth-order valence-electron chi connectivity index (χ4n) is 3.10. The van der Waals surface area contributed by atoms with Gasteiger partial charge >= 0.3 is 5.97 Å². The normalized spacial score (nSPS) is 14.7. The number of hydrogen-bond acceptors (Lipinski definition) is 7. The van der Waals surface area contributed by atoms with E-state index in [2.05, 4.69) is 19.2 Å². The molecule has 33 heavy (non-hydrogen) atoms. The number of benzene rings is 2. The number of amides is 3. The van der Waals surface area contributed by atoms with Crippen LogP contribution in [0.15, 0.2) is 47.4 Å². The van der Waals surface area contributed by atoms with Crippen LogP contribution >= 0.6 is 11.8 Å². The maximum atomic E-state index is 12.7. The number of thioether (sulfide) groups is 1. The zero-order valence-electron chi connectivity index (χ0n) is 18.7. The molecule has 0 saturated carbocycles. The number of nitrogens with one attached hydrogen (secondary N) is 1. The van der Waals surface area contributed by atoms with E-state index >= 15 is 0 Å². The van der Waals surface area contributed by atoms with Crippen molar-refractivity contribution >= 4 is 46.5 Å². The van der Waals surface area contributed by atoms with E-state index in [4.69, 9.17) is 9.47 Å². The molecule has 1 saturated heterocycles. The van der Waals surface area contributed by atoms with Gasteiger partial charge in [-0.2, -0.15) is 0 Å². The fraction of sp³-hybridized carbons (Fsp3) is 0.250. The second kappa shape index (κ2) is 10.4. The standard InChI is InChI=1S/C24H24N2O6S/c1-14(2)17-6-8-18(9-7-17)25-22(28)13-26-23(29)21(33-24(26)30)12-16-5-10-19(32-15(3)27)20(11-16)31-4/h5-12,14H,13H2,1-4H3,(H,25,28)/b21-12-. The first-order chi connectivity index (χ1) is 15.7. The summed E-state index contributed by atoms with van der Waals surface area (Å²) in [6, 6.07) is 12.2. The fourth-order valence-corrected chi connectivity index (χ4v) is 3.93. The highest BCUT2D eigenvalue weighted by atomic mass is 32.2. The van der Waals surface area contributed by atoms with Gasteiger partial charge in [-0.15, -0.1) is 0 Å². The molecule has 8 nitrogen and oxygen atoms in total. The minimum Gasteiger partial charge on any atom is -0.493 e. The first-order valence-corrected chi connectivity index (χ1v) is 11.0. The van der Waals surface area contributed by atoms with Gasteiger partial charge in [0, 0.05) is 12.6 Å². The molecule has 0 spiro atoms. The van der Waals surface area contributed by atoms with E-state index in [9.17, 15) is 19.2 Å². The van der Waals surface area contributed by atoms with Crippen LogP contribution in [-0.2, 0) is 14.4 Å². The van der Waals surface area contributed by atoms with E-state index in [-0.39, 0.29) is 17.2 Å². The first-order valence-electron chi connectivity index (χ1n) is 10.2. The van der Waals surface area contributed by atoms with Gasteiger partial charge in [0.1, 0.15) is 6.54 Å². The number of methoxy groups -OCH3 is 1. The summed E-state index contributed by atoms with van der Waals surface area (Å²) in [4.78, 5) is 49.8. The minimum absolute atomic E-state index is 0.177. The van der Waals surface area contributed by atoms with Crippen molar-refractivity contribution < 1.29 is 28.7 Å². The van der Waals surface area contributed by atoms with Crippen LogP contribution in [0.2, 0.25) is 0 Å². The number of esters is 1. The van der Waals surface area contributed by atoms with Crippen molar-refractivity contribution in [2.24, 2.45) is 0 Å². The van der Waals surface area contributed by atoms with Crippen LogP contribution in [0.1, 0.15) is 37.8 Å². The summed E-state index contributed by atoms with van der Waals surface area (Å²) in [5.74, 6) is -0.595. The maximum Gasteiger partial charge on any atom is 0.308 e. The zero-order chi connectivity index (χ0) is 24.1. The van der Waals surface area contributed by atoms with Crippen molar-refractivity contribution in [3.8, 4) is 11.5 Å². The van der Waals surface area contributed by atoms with Crippen molar-refractivity contribution in [1.82, 2.24) is 4.90 Å². The van der Waals surface area contributed by atoms with Crippen LogP contribution in [0.5, 0.6) is 11.5 Å². The smallest absolute Gasteiger partial charge is 0.308 e. The lowest BCUT2D eigenvalue weighted by atomic mass is 10.0. The maximum absolute atomic E-state index is 12.7. The van der Waals surface area contributed by atoms with Gasteiger partial charge in [0.15, 0.2) is 11.5 Å². The Morgan fingerprint density at radius 1 is 1.09 bits per heavy atom. The van der Waals surface area contributed by atoms with Crippen LogP contribution in [0.25, 0.3) is 6.08 Å². The van der Waals surface area contributed by atoms with E-state index in [1.807, 2.05) is 12.1 Å². The van der Waals surface area contributed by atoms with Crippen molar-refractivity contribution in [3.05, 3.63) is 58.5 Å². The second-order valence-corrected chi connectivity index (χ2v) is 8.59. The van der Waals surface area contributed by atoms with E-state index in [0.29, 0.717) is 22.9 Å². The summed E-state index contributed by atoms with van der Waals surface area (Å²) in [6.07, 6.45) is 1.52. The van der Waals surface area contributed by atoms with Crippen molar-refractivity contribution in [1.29, 1.82) is 0 Å². The SMILES string of the molecule is COc1cc(/C=C2\SC(=O)N(CC(=O)Nc3ccc(C(C)C)cc3)C2=O)ccc1OC(C)=O. The Bertz CT molecular complexity index is 1120. The molecule has 0 aromatic heterocycles. The van der Waals surface area contributed by atoms with Crippen LogP contribution < -0.4 is 14.8 Å². The molecule has 0 aliphatic carbocycles. The Labute approximate surface area is 195 Å². The van der Waals surface area contributed by atoms with Gasteiger partial charge in [-0.25, -0.2) is 0 Å². The lowest BCUT2D eigenvalue weighted by Gasteiger charge is -2.13. The Kier molecular flexibility index (Phi) is 7.55. The molecule has 1 aliphatic heterocycles. The third kappa shape index (κ3) is 6.01. The van der Waals surface area contributed by atoms with Gasteiger partial charge in [-0.05, 0) is 59.1 Å². The van der Waals surface area contributed by atoms with Crippen LogP contribution in [0.3, 0.4) is 0 Å². The molecule has 1 aliphatic rings. The number of hydrogen-bond donors (Lipinski definition) is 1. The molecule has 2 aromatic rings. The number of imide groups is 1. The number of carbonyl (C=O) groups is 4. The Balaban J connectivity index is 1.69. The van der Waals surface area contributed by atoms with E-state index < -0.39 is 23.0 Å². The molecule has 1 N–H and O–H groups in total. The van der Waals surface area contributed by atoms with Gasteiger partial charge in [-0.3, -0.25) is 24.1 Å².